The molecule has 3 aromatic heterocycles. The highest BCUT2D eigenvalue weighted by Gasteiger charge is 2.30. The van der Waals surface area contributed by atoms with Crippen LogP contribution in [0.4, 0.5) is 5.69 Å². The number of methoxy groups -OCH3 is 1. The maximum atomic E-state index is 14.1. The lowest BCUT2D eigenvalue weighted by atomic mass is 9.96. The van der Waals surface area contributed by atoms with Gasteiger partial charge in [-0.1, -0.05) is 55.9 Å². The third-order valence-corrected chi connectivity index (χ3v) is 9.46. The Balaban J connectivity index is 1.36. The molecule has 1 aliphatic heterocycles. The Morgan fingerprint density at radius 3 is 2.68 bits per heavy atom. The zero-order valence-electron chi connectivity index (χ0n) is 23.1. The van der Waals surface area contributed by atoms with Gasteiger partial charge in [0.1, 0.15) is 10.6 Å². The van der Waals surface area contributed by atoms with Crippen LogP contribution in [0.5, 0.6) is 5.75 Å². The van der Waals surface area contributed by atoms with Gasteiger partial charge in [0.05, 0.1) is 31.0 Å². The summed E-state index contributed by atoms with van der Waals surface area (Å²) >= 11 is 2.86. The first kappa shape index (κ1) is 27.5. The van der Waals surface area contributed by atoms with Crippen LogP contribution in [0.3, 0.4) is 0 Å². The number of aryl methyl sites for hydroxylation is 2. The summed E-state index contributed by atoms with van der Waals surface area (Å²) in [5.74, 6) is 1.52. The minimum atomic E-state index is -0.163. The Hall–Kier alpha value is -3.67. The second-order valence-corrected chi connectivity index (χ2v) is 12.4. The van der Waals surface area contributed by atoms with E-state index in [2.05, 4.69) is 41.5 Å². The molecule has 212 valence electrons. The SMILES string of the molecule is COc1ccc(NC(=O)CSc2nnc3n(CCc4ccccc4)c(=O)c4c5c(sc4n23)COC(C(C)C)C5)cc1. The second kappa shape index (κ2) is 11.7. The van der Waals surface area contributed by atoms with E-state index in [-0.39, 0.29) is 23.3 Å². The monoisotopic (exact) mass is 589 g/mol. The first-order valence-corrected chi connectivity index (χ1v) is 15.4. The van der Waals surface area contributed by atoms with Gasteiger partial charge in [0.2, 0.25) is 11.7 Å². The summed E-state index contributed by atoms with van der Waals surface area (Å²) < 4.78 is 15.0. The highest BCUT2D eigenvalue weighted by molar-refractivity contribution is 7.99. The molecule has 41 heavy (non-hydrogen) atoms. The van der Waals surface area contributed by atoms with Gasteiger partial charge in [-0.25, -0.2) is 4.40 Å². The quantitative estimate of drug-likeness (QED) is 0.236. The number of hydrogen-bond donors (Lipinski definition) is 1. The number of rotatable bonds is 9. The van der Waals surface area contributed by atoms with Crippen molar-refractivity contribution in [1.29, 1.82) is 0 Å². The van der Waals surface area contributed by atoms with E-state index in [9.17, 15) is 9.59 Å². The minimum Gasteiger partial charge on any atom is -0.497 e. The predicted octanol–water partition coefficient (Wildman–Crippen LogP) is 5.19. The number of thiophene rings is 1. The summed E-state index contributed by atoms with van der Waals surface area (Å²) in [6.45, 7) is 5.24. The zero-order valence-corrected chi connectivity index (χ0v) is 24.8. The van der Waals surface area contributed by atoms with Crippen molar-refractivity contribution in [3.05, 3.63) is 81.0 Å². The number of anilines is 1. The lowest BCUT2D eigenvalue weighted by Gasteiger charge is -2.26. The molecule has 1 N–H and O–H groups in total. The van der Waals surface area contributed by atoms with Crippen LogP contribution < -0.4 is 15.6 Å². The van der Waals surface area contributed by atoms with Gasteiger partial charge in [-0.15, -0.1) is 21.5 Å². The van der Waals surface area contributed by atoms with Crippen molar-refractivity contribution in [1.82, 2.24) is 19.2 Å². The minimum absolute atomic E-state index is 0.0495. The summed E-state index contributed by atoms with van der Waals surface area (Å²) in [6.07, 6.45) is 1.44. The standard InChI is InChI=1S/C30H31N5O4S2/c1-18(2)23-15-22-24(16-39-23)41-28-26(22)27(37)34(14-13-19-7-5-4-6-8-19)29-32-33-30(35(28)29)40-17-25(36)31-20-9-11-21(38-3)12-10-20/h4-12,18,23H,13-17H2,1-3H3,(H,31,36). The molecule has 4 heterocycles. The molecule has 0 spiro atoms. The fraction of sp³-hybridized carbons (Fsp3) is 0.333. The van der Waals surface area contributed by atoms with Crippen molar-refractivity contribution in [2.75, 3.05) is 18.2 Å². The number of nitrogens with zero attached hydrogens (tertiary/aromatic N) is 4. The maximum Gasteiger partial charge on any atom is 0.263 e. The van der Waals surface area contributed by atoms with Crippen LogP contribution in [0.1, 0.15) is 29.9 Å². The van der Waals surface area contributed by atoms with Crippen LogP contribution in [-0.2, 0) is 35.5 Å². The molecule has 6 rings (SSSR count). The number of thioether (sulfide) groups is 1. The van der Waals surface area contributed by atoms with Crippen molar-refractivity contribution in [3.63, 3.8) is 0 Å². The van der Waals surface area contributed by atoms with E-state index in [1.54, 1.807) is 47.3 Å². The van der Waals surface area contributed by atoms with Crippen molar-refractivity contribution in [3.8, 4) is 5.75 Å². The van der Waals surface area contributed by atoms with Gasteiger partial charge in [-0.3, -0.25) is 14.2 Å². The van der Waals surface area contributed by atoms with E-state index in [1.165, 1.54) is 11.8 Å². The third-order valence-electron chi connectivity index (χ3n) is 7.34. The van der Waals surface area contributed by atoms with E-state index < -0.39 is 0 Å². The Labute approximate surface area is 245 Å². The fourth-order valence-electron chi connectivity index (χ4n) is 5.10. The Morgan fingerprint density at radius 2 is 1.95 bits per heavy atom. The van der Waals surface area contributed by atoms with Gasteiger partial charge >= 0.3 is 0 Å². The Morgan fingerprint density at radius 1 is 1.17 bits per heavy atom. The van der Waals surface area contributed by atoms with E-state index in [0.717, 1.165) is 26.6 Å². The lowest BCUT2D eigenvalue weighted by molar-refractivity contribution is -0.113. The molecule has 0 saturated carbocycles. The molecular weight excluding hydrogens is 558 g/mol. The molecule has 0 fully saturated rings. The van der Waals surface area contributed by atoms with Gasteiger partial charge in [-0.05, 0) is 47.7 Å². The third kappa shape index (κ3) is 5.49. The molecule has 0 radical (unpaired) electrons. The van der Waals surface area contributed by atoms with E-state index in [0.29, 0.717) is 53.9 Å². The highest BCUT2D eigenvalue weighted by Crippen LogP contribution is 2.37. The van der Waals surface area contributed by atoms with Gasteiger partial charge in [0, 0.05) is 23.5 Å². The van der Waals surface area contributed by atoms with Crippen LogP contribution in [-0.4, -0.2) is 44.0 Å². The number of fused-ring (bicyclic) bond motifs is 5. The first-order chi connectivity index (χ1) is 19.9. The molecule has 0 aliphatic carbocycles. The van der Waals surface area contributed by atoms with E-state index >= 15 is 0 Å². The molecule has 1 unspecified atom stereocenters. The van der Waals surface area contributed by atoms with Crippen molar-refractivity contribution in [2.24, 2.45) is 5.92 Å². The van der Waals surface area contributed by atoms with Gasteiger partial charge < -0.3 is 14.8 Å². The van der Waals surface area contributed by atoms with Crippen molar-refractivity contribution < 1.29 is 14.3 Å². The first-order valence-electron chi connectivity index (χ1n) is 13.6. The lowest BCUT2D eigenvalue weighted by Crippen LogP contribution is -2.29. The fourth-order valence-corrected chi connectivity index (χ4v) is 7.13. The number of benzene rings is 2. The van der Waals surface area contributed by atoms with Crippen LogP contribution in [0, 0.1) is 5.92 Å². The summed E-state index contributed by atoms with van der Waals surface area (Å²) in [6, 6.07) is 17.3. The number of amides is 1. The Kier molecular flexibility index (Phi) is 7.83. The highest BCUT2D eigenvalue weighted by atomic mass is 32.2. The van der Waals surface area contributed by atoms with Crippen LogP contribution in [0.15, 0.2) is 64.5 Å². The number of carbonyl (C=O) groups is 1. The summed E-state index contributed by atoms with van der Waals surface area (Å²) in [5, 5.41) is 13.1. The molecule has 2 aromatic carbocycles. The van der Waals surface area contributed by atoms with Crippen LogP contribution >= 0.6 is 23.1 Å². The number of nitrogens with one attached hydrogen (secondary N) is 1. The molecule has 11 heteroatoms. The average Bonchev–Trinajstić information content (AvgIpc) is 3.58. The normalized spacial score (nSPS) is 15.0. The van der Waals surface area contributed by atoms with Crippen LogP contribution in [0.25, 0.3) is 16.0 Å². The molecular formula is C30H31N5O4S2. The molecule has 1 amide bonds. The summed E-state index contributed by atoms with van der Waals surface area (Å²) in [7, 11) is 1.60. The average molecular weight is 590 g/mol. The molecule has 1 atom stereocenters. The zero-order chi connectivity index (χ0) is 28.5. The Bertz CT molecular complexity index is 1760. The predicted molar refractivity (Wildman–Crippen MR) is 162 cm³/mol. The van der Waals surface area contributed by atoms with Gasteiger partial charge in [0.25, 0.3) is 5.56 Å². The largest absolute Gasteiger partial charge is 0.497 e. The van der Waals surface area contributed by atoms with E-state index in [1.807, 2.05) is 22.6 Å². The topological polar surface area (TPSA) is 99.7 Å². The number of ether oxygens (including phenoxy) is 2. The van der Waals surface area contributed by atoms with Gasteiger partial charge in [0.15, 0.2) is 5.16 Å². The number of aromatic nitrogens is 4. The van der Waals surface area contributed by atoms with Crippen LogP contribution in [0.2, 0.25) is 0 Å². The summed E-state index contributed by atoms with van der Waals surface area (Å²) in [5.41, 5.74) is 2.84. The molecule has 0 bridgehead atoms. The van der Waals surface area contributed by atoms with Gasteiger partial charge in [-0.2, -0.15) is 0 Å². The van der Waals surface area contributed by atoms with Crippen molar-refractivity contribution in [2.45, 2.75) is 51.1 Å². The molecule has 1 aliphatic rings. The van der Waals surface area contributed by atoms with Crippen molar-refractivity contribution >= 4 is 50.7 Å². The number of carbonyl (C=O) groups excluding carboxylic acids is 1. The molecule has 0 saturated heterocycles. The van der Waals surface area contributed by atoms with E-state index in [4.69, 9.17) is 9.47 Å². The molecule has 5 aromatic rings. The number of hydrogen-bond acceptors (Lipinski definition) is 8. The summed E-state index contributed by atoms with van der Waals surface area (Å²) in [4.78, 5) is 28.8. The molecule has 9 nitrogen and oxygen atoms in total. The maximum absolute atomic E-state index is 14.1. The smallest absolute Gasteiger partial charge is 0.263 e. The second-order valence-electron chi connectivity index (χ2n) is 10.4.